The topological polar surface area (TPSA) is 73.3 Å². The molecule has 154 valence electrons. The van der Waals surface area contributed by atoms with Gasteiger partial charge in [-0.1, -0.05) is 66.4 Å². The Morgan fingerprint density at radius 1 is 0.935 bits per heavy atom. The first-order valence-corrected chi connectivity index (χ1v) is 10.7. The van der Waals surface area contributed by atoms with Crippen LogP contribution in [0.3, 0.4) is 0 Å². The molecule has 0 fully saturated rings. The third-order valence-corrected chi connectivity index (χ3v) is 6.09. The van der Waals surface area contributed by atoms with Gasteiger partial charge in [0.15, 0.2) is 11.5 Å². The van der Waals surface area contributed by atoms with Gasteiger partial charge in [0.25, 0.3) is 0 Å². The maximum atomic E-state index is 12.8. The number of hydrogen-bond acceptors (Lipinski definition) is 6. The van der Waals surface area contributed by atoms with Crippen LogP contribution in [-0.4, -0.2) is 28.1 Å². The van der Waals surface area contributed by atoms with Gasteiger partial charge < -0.3 is 14.8 Å². The van der Waals surface area contributed by atoms with E-state index < -0.39 is 0 Å². The molecule has 1 aliphatic heterocycles. The second kappa shape index (κ2) is 8.28. The third kappa shape index (κ3) is 3.92. The molecule has 1 aromatic heterocycles. The van der Waals surface area contributed by atoms with E-state index in [1.807, 2.05) is 61.5 Å². The summed E-state index contributed by atoms with van der Waals surface area (Å²) in [5, 5.41) is 14.2. The Kier molecular flexibility index (Phi) is 5.18. The number of aromatic nitrogens is 2. The molecule has 0 saturated carbocycles. The summed E-state index contributed by atoms with van der Waals surface area (Å²) in [4.78, 5) is 12.8. The molecule has 1 N–H and O–H groups in total. The predicted octanol–water partition coefficient (Wildman–Crippen LogP) is 5.14. The van der Waals surface area contributed by atoms with E-state index in [1.54, 1.807) is 18.2 Å². The molecular formula is C24H19N3O3S. The second-order valence-electron chi connectivity index (χ2n) is 7.08. The number of nitrogens with zero attached hydrogens (tertiary/aromatic N) is 2. The molecule has 4 aromatic rings. The van der Waals surface area contributed by atoms with Crippen molar-refractivity contribution in [1.29, 1.82) is 0 Å². The molecule has 3 aromatic carbocycles. The SMILES string of the molecule is C[C@H](Sc1nnc(-c2ccccc2)c2ccccc12)C(=O)Nc1ccc2c(c1)OCO2. The van der Waals surface area contributed by atoms with Gasteiger partial charge in [0, 0.05) is 28.1 Å². The van der Waals surface area contributed by atoms with Crippen LogP contribution in [0.15, 0.2) is 77.8 Å². The average Bonchev–Trinajstić information content (AvgIpc) is 3.28. The van der Waals surface area contributed by atoms with Crippen molar-refractivity contribution in [3.63, 3.8) is 0 Å². The minimum absolute atomic E-state index is 0.123. The predicted molar refractivity (Wildman–Crippen MR) is 121 cm³/mol. The summed E-state index contributed by atoms with van der Waals surface area (Å²) in [7, 11) is 0. The fraction of sp³-hybridized carbons (Fsp3) is 0.125. The molecule has 5 rings (SSSR count). The lowest BCUT2D eigenvalue weighted by molar-refractivity contribution is -0.115. The van der Waals surface area contributed by atoms with Gasteiger partial charge >= 0.3 is 0 Å². The summed E-state index contributed by atoms with van der Waals surface area (Å²) in [6.07, 6.45) is 0. The first-order valence-electron chi connectivity index (χ1n) is 9.87. The number of nitrogens with one attached hydrogen (secondary N) is 1. The largest absolute Gasteiger partial charge is 0.454 e. The van der Waals surface area contributed by atoms with E-state index in [0.29, 0.717) is 17.2 Å². The highest BCUT2D eigenvalue weighted by atomic mass is 32.2. The van der Waals surface area contributed by atoms with Gasteiger partial charge in [-0.25, -0.2) is 0 Å². The summed E-state index contributed by atoms with van der Waals surface area (Å²) < 4.78 is 10.7. The Labute approximate surface area is 183 Å². The van der Waals surface area contributed by atoms with Crippen molar-refractivity contribution >= 4 is 34.1 Å². The molecule has 31 heavy (non-hydrogen) atoms. The van der Waals surface area contributed by atoms with E-state index in [0.717, 1.165) is 27.1 Å². The zero-order valence-corrected chi connectivity index (χ0v) is 17.6. The van der Waals surface area contributed by atoms with Gasteiger partial charge in [-0.2, -0.15) is 0 Å². The maximum absolute atomic E-state index is 12.8. The lowest BCUT2D eigenvalue weighted by atomic mass is 10.1. The van der Waals surface area contributed by atoms with Crippen LogP contribution in [0, 0.1) is 0 Å². The fourth-order valence-corrected chi connectivity index (χ4v) is 4.31. The standard InChI is InChI=1S/C24H19N3O3S/c1-15(23(28)25-17-11-12-20-21(13-17)30-14-29-20)31-24-19-10-6-5-9-18(19)22(26-27-24)16-7-3-2-4-8-16/h2-13,15H,14H2,1H3,(H,25,28)/t15-/m0/s1. The number of hydrogen-bond donors (Lipinski definition) is 1. The second-order valence-corrected chi connectivity index (χ2v) is 8.41. The van der Waals surface area contributed by atoms with Gasteiger partial charge in [0.1, 0.15) is 10.7 Å². The smallest absolute Gasteiger partial charge is 0.237 e. The quantitative estimate of drug-likeness (QED) is 0.443. The minimum Gasteiger partial charge on any atom is -0.454 e. The molecule has 7 heteroatoms. The molecule has 2 heterocycles. The lowest BCUT2D eigenvalue weighted by Crippen LogP contribution is -2.22. The number of rotatable bonds is 5. The zero-order valence-electron chi connectivity index (χ0n) is 16.7. The monoisotopic (exact) mass is 429 g/mol. The van der Waals surface area contributed by atoms with Gasteiger partial charge in [0.05, 0.1) is 5.25 Å². The molecule has 1 aliphatic rings. The van der Waals surface area contributed by atoms with Crippen LogP contribution in [0.5, 0.6) is 11.5 Å². The van der Waals surface area contributed by atoms with Crippen LogP contribution in [0.2, 0.25) is 0 Å². The summed E-state index contributed by atoms with van der Waals surface area (Å²) >= 11 is 1.39. The third-order valence-electron chi connectivity index (χ3n) is 5.00. The van der Waals surface area contributed by atoms with Gasteiger partial charge in [-0.15, -0.1) is 10.2 Å². The van der Waals surface area contributed by atoms with E-state index in [9.17, 15) is 4.79 Å². The molecule has 0 unspecified atom stereocenters. The van der Waals surface area contributed by atoms with Crippen molar-refractivity contribution in [2.45, 2.75) is 17.2 Å². The Hall–Kier alpha value is -3.58. The molecule has 0 aliphatic carbocycles. The van der Waals surface area contributed by atoms with Crippen molar-refractivity contribution in [3.8, 4) is 22.8 Å². The Bertz CT molecular complexity index is 1260. The average molecular weight is 430 g/mol. The van der Waals surface area contributed by atoms with Crippen LogP contribution in [0.25, 0.3) is 22.0 Å². The zero-order chi connectivity index (χ0) is 21.2. The van der Waals surface area contributed by atoms with E-state index in [1.165, 1.54) is 11.8 Å². The molecule has 1 amide bonds. The number of carbonyl (C=O) groups is 1. The van der Waals surface area contributed by atoms with Crippen LogP contribution in [0.4, 0.5) is 5.69 Å². The van der Waals surface area contributed by atoms with Crippen LogP contribution in [0.1, 0.15) is 6.92 Å². The van der Waals surface area contributed by atoms with Crippen LogP contribution < -0.4 is 14.8 Å². The van der Waals surface area contributed by atoms with Gasteiger partial charge in [-0.3, -0.25) is 4.79 Å². The van der Waals surface area contributed by atoms with E-state index in [-0.39, 0.29) is 18.0 Å². The highest BCUT2D eigenvalue weighted by molar-refractivity contribution is 8.00. The molecule has 1 atom stereocenters. The number of anilines is 1. The normalized spacial score (nSPS) is 13.2. The molecule has 0 bridgehead atoms. The molecule has 0 radical (unpaired) electrons. The lowest BCUT2D eigenvalue weighted by Gasteiger charge is -2.14. The summed E-state index contributed by atoms with van der Waals surface area (Å²) in [5.41, 5.74) is 2.51. The number of ether oxygens (including phenoxy) is 2. The van der Waals surface area contributed by atoms with Crippen molar-refractivity contribution in [2.75, 3.05) is 12.1 Å². The minimum atomic E-state index is -0.370. The van der Waals surface area contributed by atoms with Crippen molar-refractivity contribution < 1.29 is 14.3 Å². The van der Waals surface area contributed by atoms with Crippen LogP contribution >= 0.6 is 11.8 Å². The maximum Gasteiger partial charge on any atom is 0.237 e. The molecule has 0 saturated heterocycles. The first kappa shape index (κ1) is 19.4. The number of fused-ring (bicyclic) bond motifs is 2. The Balaban J connectivity index is 1.38. The van der Waals surface area contributed by atoms with Crippen molar-refractivity contribution in [2.24, 2.45) is 0 Å². The Morgan fingerprint density at radius 2 is 1.68 bits per heavy atom. The number of benzene rings is 3. The number of amides is 1. The van der Waals surface area contributed by atoms with Crippen molar-refractivity contribution in [3.05, 3.63) is 72.8 Å². The highest BCUT2D eigenvalue weighted by Crippen LogP contribution is 2.36. The van der Waals surface area contributed by atoms with Gasteiger partial charge in [-0.05, 0) is 19.1 Å². The van der Waals surface area contributed by atoms with Crippen molar-refractivity contribution in [1.82, 2.24) is 10.2 Å². The van der Waals surface area contributed by atoms with Gasteiger partial charge in [0.2, 0.25) is 12.7 Å². The summed E-state index contributed by atoms with van der Waals surface area (Å²) in [6.45, 7) is 2.05. The molecule has 0 spiro atoms. The fourth-order valence-electron chi connectivity index (χ4n) is 3.41. The first-order chi connectivity index (χ1) is 15.2. The number of carbonyl (C=O) groups excluding carboxylic acids is 1. The number of thioether (sulfide) groups is 1. The van der Waals surface area contributed by atoms with E-state index in [4.69, 9.17) is 9.47 Å². The molecular weight excluding hydrogens is 410 g/mol. The highest BCUT2D eigenvalue weighted by Gasteiger charge is 2.20. The molecule has 6 nitrogen and oxygen atoms in total. The Morgan fingerprint density at radius 3 is 2.52 bits per heavy atom. The van der Waals surface area contributed by atoms with E-state index in [2.05, 4.69) is 15.5 Å². The van der Waals surface area contributed by atoms with Crippen LogP contribution in [-0.2, 0) is 4.79 Å². The summed E-state index contributed by atoms with van der Waals surface area (Å²) in [5.74, 6) is 1.19. The van der Waals surface area contributed by atoms with E-state index >= 15 is 0 Å². The summed E-state index contributed by atoms with van der Waals surface area (Å²) in [6, 6.07) is 23.3.